The number of ether oxygens (including phenoxy) is 1. The quantitative estimate of drug-likeness (QED) is 0.736. The van der Waals surface area contributed by atoms with Crippen molar-refractivity contribution >= 4 is 0 Å². The smallest absolute Gasteiger partial charge is 0.122 e. The molecule has 3 heteroatoms. The Morgan fingerprint density at radius 1 is 1.08 bits per heavy atom. The van der Waals surface area contributed by atoms with Crippen LogP contribution in [0.4, 0.5) is 0 Å². The maximum absolute atomic E-state index is 10.5. The normalized spacial score (nSPS) is 13.7. The minimum absolute atomic E-state index is 0.311. The van der Waals surface area contributed by atoms with E-state index in [4.69, 9.17) is 4.74 Å². The summed E-state index contributed by atoms with van der Waals surface area (Å²) in [5.74, 6) is 0.843. The zero-order chi connectivity index (χ0) is 18.2. The van der Waals surface area contributed by atoms with Gasteiger partial charge in [0.1, 0.15) is 18.5 Å². The minimum atomic E-state index is -0.515. The molecule has 2 atom stereocenters. The van der Waals surface area contributed by atoms with Gasteiger partial charge in [-0.15, -0.1) is 0 Å². The molecule has 1 N–H and O–H groups in total. The number of hydrogen-bond donors (Lipinski definition) is 1. The number of para-hydroxylation sites is 1. The molecule has 0 aliphatic carbocycles. The summed E-state index contributed by atoms with van der Waals surface area (Å²) in [7, 11) is 0. The first kappa shape index (κ1) is 19.5. The van der Waals surface area contributed by atoms with Crippen LogP contribution in [-0.2, 0) is 6.54 Å². The first-order valence-corrected chi connectivity index (χ1v) is 9.15. The molecule has 0 saturated heterocycles. The van der Waals surface area contributed by atoms with E-state index in [9.17, 15) is 5.11 Å². The molecule has 2 aromatic rings. The van der Waals surface area contributed by atoms with Crippen LogP contribution in [0.3, 0.4) is 0 Å². The Kier molecular flexibility index (Phi) is 7.48. The second-order valence-electron chi connectivity index (χ2n) is 6.91. The molecule has 0 aliphatic heterocycles. The maximum Gasteiger partial charge on any atom is 0.122 e. The van der Waals surface area contributed by atoms with Crippen LogP contribution >= 0.6 is 0 Å². The van der Waals surface area contributed by atoms with Crippen molar-refractivity contribution in [3.63, 3.8) is 0 Å². The topological polar surface area (TPSA) is 32.7 Å². The summed E-state index contributed by atoms with van der Waals surface area (Å²) in [5.41, 5.74) is 3.64. The molecule has 0 fully saturated rings. The van der Waals surface area contributed by atoms with Crippen LogP contribution in [-0.4, -0.2) is 35.3 Å². The predicted molar refractivity (Wildman–Crippen MR) is 104 cm³/mol. The monoisotopic (exact) mass is 341 g/mol. The lowest BCUT2D eigenvalue weighted by Gasteiger charge is -2.30. The van der Waals surface area contributed by atoms with Crippen LogP contribution < -0.4 is 4.74 Å². The highest BCUT2D eigenvalue weighted by molar-refractivity contribution is 5.31. The Hall–Kier alpha value is -1.84. The Morgan fingerprint density at radius 3 is 2.52 bits per heavy atom. The van der Waals surface area contributed by atoms with Gasteiger partial charge in [-0.2, -0.15) is 0 Å². The minimum Gasteiger partial charge on any atom is -0.491 e. The lowest BCUT2D eigenvalue weighted by Crippen LogP contribution is -2.40. The summed E-state index contributed by atoms with van der Waals surface area (Å²) in [4.78, 5) is 2.33. The van der Waals surface area contributed by atoms with Crippen LogP contribution in [0.25, 0.3) is 0 Å². The maximum atomic E-state index is 10.5. The first-order valence-electron chi connectivity index (χ1n) is 9.15. The third-order valence-electron chi connectivity index (χ3n) is 4.65. The van der Waals surface area contributed by atoms with Gasteiger partial charge in [0.2, 0.25) is 0 Å². The van der Waals surface area contributed by atoms with Gasteiger partial charge in [-0.1, -0.05) is 55.0 Å². The second-order valence-corrected chi connectivity index (χ2v) is 6.91. The zero-order valence-corrected chi connectivity index (χ0v) is 15.9. The number of benzene rings is 2. The molecule has 0 saturated carbocycles. The molecule has 0 amide bonds. The number of rotatable bonds is 9. The van der Waals surface area contributed by atoms with Gasteiger partial charge in [0, 0.05) is 19.1 Å². The first-order chi connectivity index (χ1) is 12.0. The van der Waals surface area contributed by atoms with Gasteiger partial charge in [0.25, 0.3) is 0 Å². The van der Waals surface area contributed by atoms with E-state index in [2.05, 4.69) is 49.9 Å². The highest BCUT2D eigenvalue weighted by atomic mass is 16.5. The summed E-state index contributed by atoms with van der Waals surface area (Å²) < 4.78 is 5.81. The van der Waals surface area contributed by atoms with Crippen LogP contribution in [0, 0.1) is 13.8 Å². The van der Waals surface area contributed by atoms with Crippen molar-refractivity contribution < 1.29 is 9.84 Å². The third kappa shape index (κ3) is 6.18. The van der Waals surface area contributed by atoms with Gasteiger partial charge in [-0.3, -0.25) is 4.90 Å². The van der Waals surface area contributed by atoms with Crippen molar-refractivity contribution in [2.45, 2.75) is 52.8 Å². The van der Waals surface area contributed by atoms with Crippen LogP contribution in [0.1, 0.15) is 37.0 Å². The fourth-order valence-corrected chi connectivity index (χ4v) is 2.93. The van der Waals surface area contributed by atoms with E-state index in [1.165, 1.54) is 11.1 Å². The molecule has 2 aromatic carbocycles. The average molecular weight is 341 g/mol. The zero-order valence-electron chi connectivity index (χ0n) is 15.9. The Morgan fingerprint density at radius 2 is 1.84 bits per heavy atom. The molecule has 0 radical (unpaired) electrons. The van der Waals surface area contributed by atoms with Crippen molar-refractivity contribution in [3.8, 4) is 5.75 Å². The van der Waals surface area contributed by atoms with E-state index in [-0.39, 0.29) is 0 Å². The largest absolute Gasteiger partial charge is 0.491 e. The Bertz CT molecular complexity index is 656. The van der Waals surface area contributed by atoms with Crippen molar-refractivity contribution in [3.05, 3.63) is 65.2 Å². The van der Waals surface area contributed by atoms with Gasteiger partial charge >= 0.3 is 0 Å². The van der Waals surface area contributed by atoms with Crippen LogP contribution in [0.15, 0.2) is 48.5 Å². The predicted octanol–water partition coefficient (Wildman–Crippen LogP) is 4.34. The number of aryl methyl sites for hydroxylation is 2. The highest BCUT2D eigenvalue weighted by Crippen LogP contribution is 2.17. The summed E-state index contributed by atoms with van der Waals surface area (Å²) in [6.45, 7) is 10.3. The number of hydrogen-bond acceptors (Lipinski definition) is 3. The average Bonchev–Trinajstić information content (AvgIpc) is 2.60. The summed E-state index contributed by atoms with van der Waals surface area (Å²) in [6, 6.07) is 16.9. The molecule has 0 bridgehead atoms. The van der Waals surface area contributed by atoms with Crippen molar-refractivity contribution in [1.82, 2.24) is 4.90 Å². The molecule has 0 aliphatic rings. The van der Waals surface area contributed by atoms with Crippen molar-refractivity contribution in [2.75, 3.05) is 13.2 Å². The summed E-state index contributed by atoms with van der Waals surface area (Å²) >= 11 is 0. The van der Waals surface area contributed by atoms with Gasteiger partial charge in [0.05, 0.1) is 0 Å². The molecular formula is C22H31NO2. The fourth-order valence-electron chi connectivity index (χ4n) is 2.93. The number of aliphatic hydroxyl groups excluding tert-OH is 1. The lowest BCUT2D eigenvalue weighted by molar-refractivity contribution is 0.0504. The molecule has 0 aromatic heterocycles. The standard InChI is InChI=1S/C22H31NO2/c1-5-19(4)23(14-20-11-8-9-17(2)13-20)15-21(24)16-25-22-12-7-6-10-18(22)3/h6-13,19,21,24H,5,14-16H2,1-4H3/t19-,21-/m1/s1. The van der Waals surface area contributed by atoms with Crippen molar-refractivity contribution in [2.24, 2.45) is 0 Å². The molecule has 0 unspecified atom stereocenters. The number of nitrogens with zero attached hydrogens (tertiary/aromatic N) is 1. The van der Waals surface area contributed by atoms with E-state index in [0.717, 1.165) is 24.3 Å². The van der Waals surface area contributed by atoms with Crippen molar-refractivity contribution in [1.29, 1.82) is 0 Å². The van der Waals surface area contributed by atoms with E-state index in [0.29, 0.717) is 19.2 Å². The molecular weight excluding hydrogens is 310 g/mol. The van der Waals surface area contributed by atoms with Gasteiger partial charge in [-0.05, 0) is 44.4 Å². The summed E-state index contributed by atoms with van der Waals surface area (Å²) in [5, 5.41) is 10.5. The van der Waals surface area contributed by atoms with E-state index in [1.807, 2.05) is 31.2 Å². The molecule has 0 spiro atoms. The fraction of sp³-hybridized carbons (Fsp3) is 0.455. The van der Waals surface area contributed by atoms with Gasteiger partial charge < -0.3 is 9.84 Å². The number of aliphatic hydroxyl groups is 1. The SMILES string of the molecule is CC[C@@H](C)N(Cc1cccc(C)c1)C[C@@H](O)COc1ccccc1C. The second kappa shape index (κ2) is 9.59. The molecule has 136 valence electrons. The molecule has 0 heterocycles. The van der Waals surface area contributed by atoms with Crippen LogP contribution in [0.5, 0.6) is 5.75 Å². The van der Waals surface area contributed by atoms with E-state index < -0.39 is 6.10 Å². The van der Waals surface area contributed by atoms with E-state index >= 15 is 0 Å². The third-order valence-corrected chi connectivity index (χ3v) is 4.65. The molecule has 25 heavy (non-hydrogen) atoms. The summed E-state index contributed by atoms with van der Waals surface area (Å²) in [6.07, 6.45) is 0.537. The molecule has 3 nitrogen and oxygen atoms in total. The van der Waals surface area contributed by atoms with E-state index in [1.54, 1.807) is 0 Å². The molecule has 2 rings (SSSR count). The van der Waals surface area contributed by atoms with Crippen LogP contribution in [0.2, 0.25) is 0 Å². The van der Waals surface area contributed by atoms with Gasteiger partial charge in [0.15, 0.2) is 0 Å². The Balaban J connectivity index is 1.95. The lowest BCUT2D eigenvalue weighted by atomic mass is 10.1. The Labute approximate surface area is 152 Å². The highest BCUT2D eigenvalue weighted by Gasteiger charge is 2.18. The van der Waals surface area contributed by atoms with Gasteiger partial charge in [-0.25, -0.2) is 0 Å².